The Morgan fingerprint density at radius 2 is 1.59 bits per heavy atom. The summed E-state index contributed by atoms with van der Waals surface area (Å²) >= 11 is 0. The molecule has 1 aromatic carbocycles. The van der Waals surface area contributed by atoms with Crippen LogP contribution in [-0.2, 0) is 6.54 Å². The standard InChI is InChI=1S/C21H24N2O4/c1-2-3-6-14-27-16-10-13-22(19(24)15-16)11-7-12-23-20(25)17-8-4-5-9-18(17)21(23)26/h4-5,8-10,13,15H,2-3,6-7,11-12,14H2,1H3. The minimum Gasteiger partial charge on any atom is -0.493 e. The van der Waals surface area contributed by atoms with E-state index in [9.17, 15) is 14.4 Å². The highest BCUT2D eigenvalue weighted by Crippen LogP contribution is 2.22. The van der Waals surface area contributed by atoms with Crippen LogP contribution in [0.4, 0.5) is 0 Å². The maximum Gasteiger partial charge on any atom is 0.261 e. The van der Waals surface area contributed by atoms with E-state index in [1.165, 1.54) is 11.0 Å². The van der Waals surface area contributed by atoms with Crippen molar-refractivity contribution in [1.29, 1.82) is 0 Å². The van der Waals surface area contributed by atoms with E-state index < -0.39 is 0 Å². The van der Waals surface area contributed by atoms with Crippen LogP contribution in [0, 0.1) is 0 Å². The van der Waals surface area contributed by atoms with Gasteiger partial charge in [0.05, 0.1) is 17.7 Å². The van der Waals surface area contributed by atoms with Crippen LogP contribution in [0.5, 0.6) is 5.75 Å². The minimum absolute atomic E-state index is 0.148. The second-order valence-electron chi connectivity index (χ2n) is 6.61. The fourth-order valence-corrected chi connectivity index (χ4v) is 3.15. The van der Waals surface area contributed by atoms with Gasteiger partial charge in [0.1, 0.15) is 5.75 Å². The third-order valence-electron chi connectivity index (χ3n) is 4.64. The number of hydrogen-bond donors (Lipinski definition) is 0. The molecule has 1 aromatic heterocycles. The Morgan fingerprint density at radius 1 is 0.889 bits per heavy atom. The van der Waals surface area contributed by atoms with Crippen molar-refractivity contribution < 1.29 is 14.3 Å². The Morgan fingerprint density at radius 3 is 2.22 bits per heavy atom. The first-order chi connectivity index (χ1) is 13.1. The minimum atomic E-state index is -0.265. The van der Waals surface area contributed by atoms with Crippen LogP contribution in [0.15, 0.2) is 47.4 Å². The number of hydrogen-bond acceptors (Lipinski definition) is 4. The predicted molar refractivity (Wildman–Crippen MR) is 102 cm³/mol. The van der Waals surface area contributed by atoms with E-state index in [1.807, 2.05) is 0 Å². The second-order valence-corrected chi connectivity index (χ2v) is 6.61. The fraction of sp³-hybridized carbons (Fsp3) is 0.381. The highest BCUT2D eigenvalue weighted by atomic mass is 16.5. The summed E-state index contributed by atoms with van der Waals surface area (Å²) in [6.45, 7) is 3.45. The zero-order valence-corrected chi connectivity index (χ0v) is 15.5. The van der Waals surface area contributed by atoms with Crippen molar-refractivity contribution in [2.24, 2.45) is 0 Å². The molecule has 3 rings (SSSR count). The SMILES string of the molecule is CCCCCOc1ccn(CCCN2C(=O)c3ccccc3C2=O)c(=O)c1. The molecule has 6 heteroatoms. The van der Waals surface area contributed by atoms with E-state index in [0.29, 0.717) is 36.4 Å². The van der Waals surface area contributed by atoms with Gasteiger partial charge in [-0.05, 0) is 31.0 Å². The number of unbranched alkanes of at least 4 members (excludes halogenated alkanes) is 2. The summed E-state index contributed by atoms with van der Waals surface area (Å²) < 4.78 is 7.15. The molecule has 2 amide bonds. The van der Waals surface area contributed by atoms with Gasteiger partial charge < -0.3 is 9.30 Å². The van der Waals surface area contributed by atoms with Crippen molar-refractivity contribution >= 4 is 11.8 Å². The van der Waals surface area contributed by atoms with Crippen LogP contribution in [0.2, 0.25) is 0 Å². The summed E-state index contributed by atoms with van der Waals surface area (Å²) in [5.74, 6) is 0.0465. The third kappa shape index (κ3) is 4.27. The van der Waals surface area contributed by atoms with E-state index in [-0.39, 0.29) is 23.9 Å². The lowest BCUT2D eigenvalue weighted by Crippen LogP contribution is -2.32. The van der Waals surface area contributed by atoms with E-state index in [4.69, 9.17) is 4.74 Å². The summed E-state index contributed by atoms with van der Waals surface area (Å²) in [4.78, 5) is 38.1. The van der Waals surface area contributed by atoms with Gasteiger partial charge in [-0.1, -0.05) is 31.9 Å². The van der Waals surface area contributed by atoms with E-state index in [1.54, 1.807) is 41.1 Å². The zero-order chi connectivity index (χ0) is 19.2. The van der Waals surface area contributed by atoms with Crippen LogP contribution in [0.1, 0.15) is 53.3 Å². The average Bonchev–Trinajstić information content (AvgIpc) is 2.92. The molecule has 0 atom stereocenters. The Kier molecular flexibility index (Phi) is 6.06. The molecule has 0 N–H and O–H groups in total. The van der Waals surface area contributed by atoms with Gasteiger partial charge in [0.2, 0.25) is 0 Å². The summed E-state index contributed by atoms with van der Waals surface area (Å²) in [6.07, 6.45) is 5.41. The summed E-state index contributed by atoms with van der Waals surface area (Å²) in [5, 5.41) is 0. The van der Waals surface area contributed by atoms with Crippen LogP contribution in [-0.4, -0.2) is 34.4 Å². The Hall–Kier alpha value is -2.89. The number of carbonyl (C=O) groups excluding carboxylic acids is 2. The van der Waals surface area contributed by atoms with E-state index >= 15 is 0 Å². The number of ether oxygens (including phenoxy) is 1. The van der Waals surface area contributed by atoms with Gasteiger partial charge in [0, 0.05) is 25.4 Å². The fourth-order valence-electron chi connectivity index (χ4n) is 3.15. The van der Waals surface area contributed by atoms with Crippen molar-refractivity contribution in [3.05, 3.63) is 64.1 Å². The van der Waals surface area contributed by atoms with Gasteiger partial charge in [-0.15, -0.1) is 0 Å². The van der Waals surface area contributed by atoms with Crippen LogP contribution >= 0.6 is 0 Å². The number of carbonyl (C=O) groups is 2. The van der Waals surface area contributed by atoms with Crippen molar-refractivity contribution in [2.45, 2.75) is 39.2 Å². The molecular weight excluding hydrogens is 344 g/mol. The third-order valence-corrected chi connectivity index (χ3v) is 4.64. The number of amides is 2. The first-order valence-corrected chi connectivity index (χ1v) is 9.40. The number of fused-ring (bicyclic) bond motifs is 1. The molecule has 0 unspecified atom stereocenters. The van der Waals surface area contributed by atoms with Gasteiger partial charge in [0.15, 0.2) is 0 Å². The van der Waals surface area contributed by atoms with Crippen LogP contribution in [0.25, 0.3) is 0 Å². The number of benzene rings is 1. The molecule has 1 aliphatic rings. The van der Waals surface area contributed by atoms with Crippen LogP contribution in [0.3, 0.4) is 0 Å². The van der Waals surface area contributed by atoms with Crippen molar-refractivity contribution in [2.75, 3.05) is 13.2 Å². The lowest BCUT2D eigenvalue weighted by Gasteiger charge is -2.14. The second kappa shape index (κ2) is 8.66. The molecule has 0 saturated heterocycles. The predicted octanol–water partition coefficient (Wildman–Crippen LogP) is 3.10. The monoisotopic (exact) mass is 368 g/mol. The molecule has 2 aromatic rings. The van der Waals surface area contributed by atoms with Gasteiger partial charge >= 0.3 is 0 Å². The van der Waals surface area contributed by atoms with Crippen molar-refractivity contribution in [3.8, 4) is 5.75 Å². The Bertz CT molecular complexity index is 853. The van der Waals surface area contributed by atoms with Gasteiger partial charge in [-0.3, -0.25) is 19.3 Å². The van der Waals surface area contributed by atoms with E-state index in [0.717, 1.165) is 19.3 Å². The first-order valence-electron chi connectivity index (χ1n) is 9.40. The number of imide groups is 1. The molecule has 0 radical (unpaired) electrons. The first kappa shape index (κ1) is 18.9. The Balaban J connectivity index is 1.53. The topological polar surface area (TPSA) is 68.6 Å². The van der Waals surface area contributed by atoms with Gasteiger partial charge in [-0.2, -0.15) is 0 Å². The van der Waals surface area contributed by atoms with E-state index in [2.05, 4.69) is 6.92 Å². The number of nitrogens with zero attached hydrogens (tertiary/aromatic N) is 2. The maximum atomic E-state index is 12.3. The normalized spacial score (nSPS) is 13.1. The maximum absolute atomic E-state index is 12.3. The lowest BCUT2D eigenvalue weighted by molar-refractivity contribution is 0.0650. The number of pyridine rings is 1. The largest absolute Gasteiger partial charge is 0.493 e. The molecule has 2 heterocycles. The quantitative estimate of drug-likeness (QED) is 0.504. The Labute approximate surface area is 158 Å². The highest BCUT2D eigenvalue weighted by Gasteiger charge is 2.34. The zero-order valence-electron chi connectivity index (χ0n) is 15.5. The van der Waals surface area contributed by atoms with Gasteiger partial charge in [-0.25, -0.2) is 0 Å². The van der Waals surface area contributed by atoms with Crippen molar-refractivity contribution in [3.63, 3.8) is 0 Å². The molecule has 27 heavy (non-hydrogen) atoms. The molecule has 0 saturated carbocycles. The number of aryl methyl sites for hydroxylation is 1. The smallest absolute Gasteiger partial charge is 0.261 e. The molecule has 0 bridgehead atoms. The molecule has 0 aliphatic carbocycles. The summed E-state index contributed by atoms with van der Waals surface area (Å²) in [6, 6.07) is 10.1. The number of rotatable bonds is 9. The molecule has 0 spiro atoms. The molecular formula is C21H24N2O4. The van der Waals surface area contributed by atoms with Crippen LogP contribution < -0.4 is 10.3 Å². The molecule has 142 valence electrons. The van der Waals surface area contributed by atoms with Gasteiger partial charge in [0.25, 0.3) is 17.4 Å². The molecule has 0 fully saturated rings. The average molecular weight is 368 g/mol. The summed E-state index contributed by atoms with van der Waals surface area (Å²) in [7, 11) is 0. The lowest BCUT2D eigenvalue weighted by atomic mass is 10.1. The molecule has 6 nitrogen and oxygen atoms in total. The molecule has 1 aliphatic heterocycles. The highest BCUT2D eigenvalue weighted by molar-refractivity contribution is 6.21. The van der Waals surface area contributed by atoms with Crippen molar-refractivity contribution in [1.82, 2.24) is 9.47 Å². The summed E-state index contributed by atoms with van der Waals surface area (Å²) in [5.41, 5.74) is 0.749. The number of aromatic nitrogens is 1.